The van der Waals surface area contributed by atoms with E-state index in [1.165, 1.54) is 11.3 Å². The number of carbonyl (C=O) groups is 1. The van der Waals surface area contributed by atoms with Crippen LogP contribution in [-0.4, -0.2) is 5.91 Å². The van der Waals surface area contributed by atoms with Gasteiger partial charge in [-0.15, -0.1) is 11.3 Å². The van der Waals surface area contributed by atoms with E-state index in [1.807, 2.05) is 24.4 Å². The van der Waals surface area contributed by atoms with Crippen LogP contribution in [0.4, 0.5) is 0 Å². The number of hydrogen-bond acceptors (Lipinski definition) is 2. The summed E-state index contributed by atoms with van der Waals surface area (Å²) in [4.78, 5) is 11.3. The minimum absolute atomic E-state index is 0.433. The highest BCUT2D eigenvalue weighted by atomic mass is 35.5. The molecule has 0 aliphatic carbocycles. The molecule has 0 spiro atoms. The molecule has 0 bridgehead atoms. The van der Waals surface area contributed by atoms with E-state index in [0.717, 1.165) is 16.7 Å². The first kappa shape index (κ1) is 11.2. The maximum atomic E-state index is 11.3. The van der Waals surface area contributed by atoms with Crippen molar-refractivity contribution in [2.75, 3.05) is 0 Å². The first-order valence-electron chi connectivity index (χ1n) is 4.74. The molecular formula is C12H10ClNOS. The molecule has 2 nitrogen and oxygen atoms in total. The number of nitrogens with two attached hydrogens (primary N) is 1. The summed E-state index contributed by atoms with van der Waals surface area (Å²) >= 11 is 7.58. The van der Waals surface area contributed by atoms with Crippen molar-refractivity contribution in [3.8, 4) is 11.1 Å². The molecule has 0 saturated carbocycles. The summed E-state index contributed by atoms with van der Waals surface area (Å²) in [5.41, 5.74) is 8.61. The predicted octanol–water partition coefficient (Wildman–Crippen LogP) is 3.48. The lowest BCUT2D eigenvalue weighted by Gasteiger charge is -2.06. The van der Waals surface area contributed by atoms with Crippen LogP contribution in [0, 0.1) is 6.92 Å². The highest BCUT2D eigenvalue weighted by molar-refractivity contribution is 7.15. The SMILES string of the molecule is Cc1csc(Cl)c1-c1ccccc1C(N)=O. The molecule has 2 aromatic rings. The molecule has 1 heterocycles. The third kappa shape index (κ3) is 1.84. The van der Waals surface area contributed by atoms with Gasteiger partial charge in [-0.05, 0) is 29.5 Å². The largest absolute Gasteiger partial charge is 0.366 e. The Morgan fingerprint density at radius 3 is 2.62 bits per heavy atom. The van der Waals surface area contributed by atoms with Crippen LogP contribution in [0.15, 0.2) is 29.6 Å². The van der Waals surface area contributed by atoms with Crippen molar-refractivity contribution in [3.63, 3.8) is 0 Å². The lowest BCUT2D eigenvalue weighted by Crippen LogP contribution is -2.12. The minimum atomic E-state index is -0.433. The number of aryl methyl sites for hydroxylation is 1. The normalized spacial score (nSPS) is 10.4. The second-order valence-corrected chi connectivity index (χ2v) is 4.96. The third-order valence-corrected chi connectivity index (χ3v) is 3.73. The minimum Gasteiger partial charge on any atom is -0.366 e. The Kier molecular flexibility index (Phi) is 2.99. The molecule has 16 heavy (non-hydrogen) atoms. The summed E-state index contributed by atoms with van der Waals surface area (Å²) in [7, 11) is 0. The van der Waals surface area contributed by atoms with Crippen molar-refractivity contribution < 1.29 is 4.79 Å². The number of rotatable bonds is 2. The molecule has 4 heteroatoms. The van der Waals surface area contributed by atoms with E-state index >= 15 is 0 Å². The second-order valence-electron chi connectivity index (χ2n) is 3.48. The fourth-order valence-corrected chi connectivity index (χ4v) is 2.82. The second kappa shape index (κ2) is 4.28. The molecule has 0 unspecified atom stereocenters. The van der Waals surface area contributed by atoms with Crippen molar-refractivity contribution >= 4 is 28.8 Å². The van der Waals surface area contributed by atoms with Gasteiger partial charge in [0.1, 0.15) is 4.34 Å². The first-order chi connectivity index (χ1) is 7.61. The molecule has 0 fully saturated rings. The fraction of sp³-hybridized carbons (Fsp3) is 0.0833. The molecular weight excluding hydrogens is 242 g/mol. The summed E-state index contributed by atoms with van der Waals surface area (Å²) in [6, 6.07) is 7.24. The molecule has 82 valence electrons. The van der Waals surface area contributed by atoms with Crippen LogP contribution in [0.5, 0.6) is 0 Å². The van der Waals surface area contributed by atoms with Gasteiger partial charge in [-0.1, -0.05) is 29.8 Å². The zero-order valence-electron chi connectivity index (χ0n) is 8.66. The van der Waals surface area contributed by atoms with Gasteiger partial charge in [0.15, 0.2) is 0 Å². The molecule has 0 atom stereocenters. The quantitative estimate of drug-likeness (QED) is 0.873. The Morgan fingerprint density at radius 2 is 2.06 bits per heavy atom. The Balaban J connectivity index is 2.69. The van der Waals surface area contributed by atoms with Gasteiger partial charge in [0, 0.05) is 11.1 Å². The van der Waals surface area contributed by atoms with E-state index in [1.54, 1.807) is 12.1 Å². The summed E-state index contributed by atoms with van der Waals surface area (Å²) < 4.78 is 0.686. The van der Waals surface area contributed by atoms with Gasteiger partial charge < -0.3 is 5.73 Å². The van der Waals surface area contributed by atoms with Gasteiger partial charge in [-0.3, -0.25) is 4.79 Å². The van der Waals surface area contributed by atoms with Crippen molar-refractivity contribution in [1.82, 2.24) is 0 Å². The Hall–Kier alpha value is -1.32. The van der Waals surface area contributed by atoms with Gasteiger partial charge in [0.2, 0.25) is 5.91 Å². The average molecular weight is 252 g/mol. The average Bonchev–Trinajstić information content (AvgIpc) is 2.58. The summed E-state index contributed by atoms with van der Waals surface area (Å²) in [6.07, 6.45) is 0. The molecule has 0 saturated heterocycles. The lowest BCUT2D eigenvalue weighted by atomic mass is 9.99. The van der Waals surface area contributed by atoms with Crippen LogP contribution < -0.4 is 5.73 Å². The topological polar surface area (TPSA) is 43.1 Å². The van der Waals surface area contributed by atoms with E-state index < -0.39 is 5.91 Å². The number of primary amides is 1. The third-order valence-electron chi connectivity index (χ3n) is 2.39. The zero-order valence-corrected chi connectivity index (χ0v) is 10.2. The standard InChI is InChI=1S/C12H10ClNOS/c1-7-6-16-11(13)10(7)8-4-2-3-5-9(8)12(14)15/h2-6H,1H3,(H2,14,15). The van der Waals surface area contributed by atoms with Gasteiger partial charge in [-0.25, -0.2) is 0 Å². The maximum absolute atomic E-state index is 11.3. The summed E-state index contributed by atoms with van der Waals surface area (Å²) in [5.74, 6) is -0.433. The highest BCUT2D eigenvalue weighted by Gasteiger charge is 2.15. The van der Waals surface area contributed by atoms with Gasteiger partial charge in [0.05, 0.1) is 0 Å². The molecule has 2 N–H and O–H groups in total. The molecule has 1 aromatic carbocycles. The number of hydrogen-bond donors (Lipinski definition) is 1. The number of amides is 1. The monoisotopic (exact) mass is 251 g/mol. The van der Waals surface area contributed by atoms with Gasteiger partial charge in [-0.2, -0.15) is 0 Å². The maximum Gasteiger partial charge on any atom is 0.249 e. The van der Waals surface area contributed by atoms with Gasteiger partial charge in [0.25, 0.3) is 0 Å². The van der Waals surface area contributed by atoms with Crippen LogP contribution in [0.1, 0.15) is 15.9 Å². The highest BCUT2D eigenvalue weighted by Crippen LogP contribution is 2.37. The first-order valence-corrected chi connectivity index (χ1v) is 6.00. The Bertz CT molecular complexity index is 528. The van der Waals surface area contributed by atoms with Crippen molar-refractivity contribution in [3.05, 3.63) is 45.1 Å². The number of thiophene rings is 1. The van der Waals surface area contributed by atoms with Crippen LogP contribution in [-0.2, 0) is 0 Å². The van der Waals surface area contributed by atoms with Crippen LogP contribution in [0.25, 0.3) is 11.1 Å². The summed E-state index contributed by atoms with van der Waals surface area (Å²) in [6.45, 7) is 1.97. The van der Waals surface area contributed by atoms with Crippen LogP contribution in [0.2, 0.25) is 4.34 Å². The van der Waals surface area contributed by atoms with E-state index in [0.29, 0.717) is 9.90 Å². The predicted molar refractivity (Wildman–Crippen MR) is 68.0 cm³/mol. The van der Waals surface area contributed by atoms with E-state index in [4.69, 9.17) is 17.3 Å². The van der Waals surface area contributed by atoms with Gasteiger partial charge >= 0.3 is 0 Å². The number of carbonyl (C=O) groups excluding carboxylic acids is 1. The number of benzene rings is 1. The molecule has 0 aliphatic rings. The molecule has 2 rings (SSSR count). The zero-order chi connectivity index (χ0) is 11.7. The fourth-order valence-electron chi connectivity index (χ4n) is 1.65. The lowest BCUT2D eigenvalue weighted by molar-refractivity contribution is 0.100. The van der Waals surface area contributed by atoms with Crippen molar-refractivity contribution in [2.45, 2.75) is 6.92 Å². The van der Waals surface area contributed by atoms with E-state index in [2.05, 4.69) is 0 Å². The van der Waals surface area contributed by atoms with Crippen molar-refractivity contribution in [1.29, 1.82) is 0 Å². The van der Waals surface area contributed by atoms with Crippen LogP contribution in [0.3, 0.4) is 0 Å². The molecule has 1 amide bonds. The van der Waals surface area contributed by atoms with Crippen molar-refractivity contribution in [2.24, 2.45) is 5.73 Å². The van der Waals surface area contributed by atoms with E-state index in [-0.39, 0.29) is 0 Å². The molecule has 1 aromatic heterocycles. The summed E-state index contributed by atoms with van der Waals surface area (Å²) in [5, 5.41) is 1.97. The molecule has 0 aliphatic heterocycles. The Labute approximate surface area is 103 Å². The van der Waals surface area contributed by atoms with Crippen LogP contribution >= 0.6 is 22.9 Å². The molecule has 0 radical (unpaired) electrons. The van der Waals surface area contributed by atoms with E-state index in [9.17, 15) is 4.79 Å². The Morgan fingerprint density at radius 1 is 1.38 bits per heavy atom. The smallest absolute Gasteiger partial charge is 0.249 e. The number of halogens is 1.